The number of rotatable bonds is 5. The van der Waals surface area contributed by atoms with Gasteiger partial charge in [0.05, 0.1) is 16.8 Å². The highest BCUT2D eigenvalue weighted by Crippen LogP contribution is 2.26. The lowest BCUT2D eigenvalue weighted by atomic mass is 10.2. The van der Waals surface area contributed by atoms with Crippen molar-refractivity contribution in [3.05, 3.63) is 58.1 Å². The minimum Gasteiger partial charge on any atom is -0.492 e. The summed E-state index contributed by atoms with van der Waals surface area (Å²) in [7, 11) is 0. The molecule has 1 N–H and O–H groups in total. The van der Waals surface area contributed by atoms with E-state index in [-0.39, 0.29) is 11.6 Å². The van der Waals surface area contributed by atoms with E-state index >= 15 is 0 Å². The molecule has 2 aromatic rings. The lowest BCUT2D eigenvalue weighted by Crippen LogP contribution is -2.03. The first-order valence-corrected chi connectivity index (χ1v) is 6.99. The van der Waals surface area contributed by atoms with Gasteiger partial charge in [0.15, 0.2) is 0 Å². The number of hydrogen-bond donors (Lipinski definition) is 1. The number of anilines is 1. The Bertz CT molecular complexity index is 604. The summed E-state index contributed by atoms with van der Waals surface area (Å²) in [4.78, 5) is 0. The lowest BCUT2D eigenvalue weighted by molar-refractivity contribution is 0.340. The van der Waals surface area contributed by atoms with E-state index in [4.69, 9.17) is 4.74 Å². The summed E-state index contributed by atoms with van der Waals surface area (Å²) >= 11 is 3.11. The molecule has 0 saturated heterocycles. The van der Waals surface area contributed by atoms with Crippen LogP contribution in [0.5, 0.6) is 5.75 Å². The van der Waals surface area contributed by atoms with Crippen molar-refractivity contribution in [2.45, 2.75) is 13.5 Å². The van der Waals surface area contributed by atoms with Gasteiger partial charge < -0.3 is 10.1 Å². The largest absolute Gasteiger partial charge is 0.492 e. The van der Waals surface area contributed by atoms with Crippen LogP contribution in [0, 0.1) is 11.6 Å². The molecule has 0 fully saturated rings. The van der Waals surface area contributed by atoms with Crippen LogP contribution in [-0.2, 0) is 6.54 Å². The Morgan fingerprint density at radius 1 is 1.15 bits per heavy atom. The Balaban J connectivity index is 2.11. The third-order valence-electron chi connectivity index (χ3n) is 2.71. The maximum absolute atomic E-state index is 13.4. The minimum absolute atomic E-state index is 0.312. The summed E-state index contributed by atoms with van der Waals surface area (Å²) in [5, 5.41) is 3.11. The summed E-state index contributed by atoms with van der Waals surface area (Å²) in [6, 6.07) is 9.20. The summed E-state index contributed by atoms with van der Waals surface area (Å²) < 4.78 is 32.4. The van der Waals surface area contributed by atoms with Gasteiger partial charge >= 0.3 is 0 Å². The molecule has 2 aromatic carbocycles. The fraction of sp³-hybridized carbons (Fsp3) is 0.200. The number of hydrogen-bond acceptors (Lipinski definition) is 2. The van der Waals surface area contributed by atoms with Crippen LogP contribution in [0.3, 0.4) is 0 Å². The van der Waals surface area contributed by atoms with Crippen molar-refractivity contribution in [1.29, 1.82) is 0 Å². The fourth-order valence-corrected chi connectivity index (χ4v) is 2.01. The molecule has 0 aliphatic carbocycles. The number of halogens is 3. The van der Waals surface area contributed by atoms with E-state index in [1.807, 2.05) is 13.0 Å². The molecule has 0 radical (unpaired) electrons. The van der Waals surface area contributed by atoms with Gasteiger partial charge in [-0.05, 0) is 52.7 Å². The van der Waals surface area contributed by atoms with E-state index in [1.165, 1.54) is 18.2 Å². The molecule has 0 amide bonds. The Labute approximate surface area is 124 Å². The van der Waals surface area contributed by atoms with Crippen LogP contribution in [0.2, 0.25) is 0 Å². The SMILES string of the molecule is CCOc1cc(F)ccc1NCc1ccc(Br)c(F)c1. The van der Waals surface area contributed by atoms with Crippen molar-refractivity contribution in [2.75, 3.05) is 11.9 Å². The third-order valence-corrected chi connectivity index (χ3v) is 3.35. The summed E-state index contributed by atoms with van der Waals surface area (Å²) in [5.74, 6) is -0.216. The molecule has 0 aromatic heterocycles. The minimum atomic E-state index is -0.353. The van der Waals surface area contributed by atoms with Crippen LogP contribution in [0.25, 0.3) is 0 Å². The quantitative estimate of drug-likeness (QED) is 0.848. The van der Waals surface area contributed by atoms with Crippen LogP contribution >= 0.6 is 15.9 Å². The van der Waals surface area contributed by atoms with Gasteiger partial charge in [-0.15, -0.1) is 0 Å². The maximum Gasteiger partial charge on any atom is 0.145 e. The van der Waals surface area contributed by atoms with Crippen molar-refractivity contribution < 1.29 is 13.5 Å². The number of benzene rings is 2. The fourth-order valence-electron chi connectivity index (χ4n) is 1.76. The molecule has 0 spiro atoms. The molecule has 2 nitrogen and oxygen atoms in total. The standard InChI is InChI=1S/C15H14BrF2NO/c1-2-20-15-8-11(17)4-6-14(15)19-9-10-3-5-12(16)13(18)7-10/h3-8,19H,2,9H2,1H3. The van der Waals surface area contributed by atoms with Crippen LogP contribution in [-0.4, -0.2) is 6.61 Å². The smallest absolute Gasteiger partial charge is 0.145 e. The van der Waals surface area contributed by atoms with E-state index in [0.717, 1.165) is 5.56 Å². The Morgan fingerprint density at radius 3 is 2.65 bits per heavy atom. The Morgan fingerprint density at radius 2 is 1.95 bits per heavy atom. The van der Waals surface area contributed by atoms with Crippen LogP contribution in [0.15, 0.2) is 40.9 Å². The van der Waals surface area contributed by atoms with E-state index < -0.39 is 0 Å². The summed E-state index contributed by atoms with van der Waals surface area (Å²) in [6.07, 6.45) is 0. The van der Waals surface area contributed by atoms with Gasteiger partial charge in [0.25, 0.3) is 0 Å². The molecule has 0 aliphatic heterocycles. The highest BCUT2D eigenvalue weighted by molar-refractivity contribution is 9.10. The van der Waals surface area contributed by atoms with Gasteiger partial charge in [0.2, 0.25) is 0 Å². The van der Waals surface area contributed by atoms with Gasteiger partial charge in [-0.1, -0.05) is 6.07 Å². The molecule has 0 atom stereocenters. The summed E-state index contributed by atoms with van der Waals surface area (Å²) in [6.45, 7) is 2.71. The second-order valence-corrected chi connectivity index (χ2v) is 5.03. The van der Waals surface area contributed by atoms with E-state index in [0.29, 0.717) is 29.1 Å². The monoisotopic (exact) mass is 341 g/mol. The van der Waals surface area contributed by atoms with Crippen LogP contribution in [0.4, 0.5) is 14.5 Å². The topological polar surface area (TPSA) is 21.3 Å². The highest BCUT2D eigenvalue weighted by atomic mass is 79.9. The van der Waals surface area contributed by atoms with Crippen molar-refractivity contribution in [3.8, 4) is 5.75 Å². The van der Waals surface area contributed by atoms with Crippen molar-refractivity contribution in [2.24, 2.45) is 0 Å². The average Bonchev–Trinajstić information content (AvgIpc) is 2.42. The first-order chi connectivity index (χ1) is 9.60. The average molecular weight is 342 g/mol. The molecular formula is C15H14BrF2NO. The van der Waals surface area contributed by atoms with Crippen molar-refractivity contribution >= 4 is 21.6 Å². The predicted octanol–water partition coefficient (Wildman–Crippen LogP) is 4.74. The van der Waals surface area contributed by atoms with Crippen LogP contribution in [0.1, 0.15) is 12.5 Å². The molecule has 106 valence electrons. The van der Waals surface area contributed by atoms with Gasteiger partial charge in [0, 0.05) is 12.6 Å². The molecule has 0 unspecified atom stereocenters. The molecular weight excluding hydrogens is 328 g/mol. The lowest BCUT2D eigenvalue weighted by Gasteiger charge is -2.12. The number of nitrogens with one attached hydrogen (secondary N) is 1. The van der Waals surface area contributed by atoms with Crippen molar-refractivity contribution in [3.63, 3.8) is 0 Å². The zero-order valence-electron chi connectivity index (χ0n) is 10.9. The third kappa shape index (κ3) is 3.70. The molecule has 0 heterocycles. The first kappa shape index (κ1) is 14.8. The molecule has 0 bridgehead atoms. The van der Waals surface area contributed by atoms with E-state index in [1.54, 1.807) is 12.1 Å². The van der Waals surface area contributed by atoms with Crippen LogP contribution < -0.4 is 10.1 Å². The molecule has 0 saturated carbocycles. The maximum atomic E-state index is 13.4. The molecule has 5 heteroatoms. The first-order valence-electron chi connectivity index (χ1n) is 6.20. The molecule has 2 rings (SSSR count). The second kappa shape index (κ2) is 6.70. The van der Waals surface area contributed by atoms with Gasteiger partial charge in [-0.3, -0.25) is 0 Å². The second-order valence-electron chi connectivity index (χ2n) is 4.18. The normalized spacial score (nSPS) is 10.4. The van der Waals surface area contributed by atoms with E-state index in [2.05, 4.69) is 21.2 Å². The predicted molar refractivity (Wildman–Crippen MR) is 79.0 cm³/mol. The zero-order valence-corrected chi connectivity index (χ0v) is 12.5. The Hall–Kier alpha value is -1.62. The Kier molecular flexibility index (Phi) is 4.95. The van der Waals surface area contributed by atoms with E-state index in [9.17, 15) is 8.78 Å². The zero-order chi connectivity index (χ0) is 14.5. The number of ether oxygens (including phenoxy) is 1. The molecule has 0 aliphatic rings. The van der Waals surface area contributed by atoms with Gasteiger partial charge in [-0.2, -0.15) is 0 Å². The van der Waals surface area contributed by atoms with Gasteiger partial charge in [0.1, 0.15) is 17.4 Å². The highest BCUT2D eigenvalue weighted by Gasteiger charge is 2.06. The van der Waals surface area contributed by atoms with Gasteiger partial charge in [-0.25, -0.2) is 8.78 Å². The van der Waals surface area contributed by atoms with Crippen molar-refractivity contribution in [1.82, 2.24) is 0 Å². The molecule has 20 heavy (non-hydrogen) atoms. The summed E-state index contributed by atoms with van der Waals surface area (Å²) in [5.41, 5.74) is 1.47.